The van der Waals surface area contributed by atoms with E-state index in [0.29, 0.717) is 6.00 Å². The zero-order valence-corrected chi connectivity index (χ0v) is 6.65. The molecule has 0 aliphatic carbocycles. The lowest BCUT2D eigenvalue weighted by Crippen LogP contribution is -1.92. The molecule has 10 heavy (non-hydrogen) atoms. The van der Waals surface area contributed by atoms with Gasteiger partial charge in [-0.1, -0.05) is 17.7 Å². The van der Waals surface area contributed by atoms with Crippen molar-refractivity contribution in [2.45, 2.75) is 6.92 Å². The Bertz CT molecular complexity index is 193. The second kappa shape index (κ2) is 3.47. The number of halogens is 1. The minimum absolute atomic E-state index is 0.461. The molecular weight excluding hydrogens is 146 g/mol. The molecule has 0 radical (unpaired) electrons. The summed E-state index contributed by atoms with van der Waals surface area (Å²) in [7, 11) is 0. The van der Waals surface area contributed by atoms with Crippen LogP contribution in [-0.4, -0.2) is 6.00 Å². The molecular formula is C8H10ClN. The van der Waals surface area contributed by atoms with Crippen LogP contribution in [0.25, 0.3) is 0 Å². The van der Waals surface area contributed by atoms with Gasteiger partial charge in [-0.05, 0) is 19.1 Å². The third-order valence-corrected chi connectivity index (χ3v) is 1.46. The van der Waals surface area contributed by atoms with Crippen molar-refractivity contribution in [3.05, 3.63) is 29.8 Å². The summed E-state index contributed by atoms with van der Waals surface area (Å²) in [6.45, 7) is 2.06. The van der Waals surface area contributed by atoms with E-state index in [-0.39, 0.29) is 0 Å². The summed E-state index contributed by atoms with van der Waals surface area (Å²) < 4.78 is 0. The van der Waals surface area contributed by atoms with Crippen LogP contribution in [0.15, 0.2) is 24.3 Å². The third kappa shape index (κ3) is 1.92. The van der Waals surface area contributed by atoms with Crippen LogP contribution >= 0.6 is 11.6 Å². The quantitative estimate of drug-likeness (QED) is 0.512. The third-order valence-electron chi connectivity index (χ3n) is 1.32. The molecule has 0 heterocycles. The minimum Gasteiger partial charge on any atom is -0.372 e. The molecule has 0 aliphatic rings. The molecule has 0 spiro atoms. The van der Waals surface area contributed by atoms with Crippen LogP contribution in [0.1, 0.15) is 5.56 Å². The number of benzene rings is 1. The van der Waals surface area contributed by atoms with Gasteiger partial charge in [-0.15, -0.1) is 11.6 Å². The van der Waals surface area contributed by atoms with E-state index in [4.69, 9.17) is 11.6 Å². The monoisotopic (exact) mass is 155 g/mol. The van der Waals surface area contributed by atoms with Gasteiger partial charge in [-0.3, -0.25) is 0 Å². The summed E-state index contributed by atoms with van der Waals surface area (Å²) in [6.07, 6.45) is 0. The zero-order valence-electron chi connectivity index (χ0n) is 5.89. The maximum Gasteiger partial charge on any atom is 0.0901 e. The molecule has 54 valence electrons. The second-order valence-corrected chi connectivity index (χ2v) is 2.44. The lowest BCUT2D eigenvalue weighted by molar-refractivity contribution is 1.41. The molecule has 0 bridgehead atoms. The van der Waals surface area contributed by atoms with Crippen molar-refractivity contribution >= 4 is 17.3 Å². The summed E-state index contributed by atoms with van der Waals surface area (Å²) in [5.74, 6) is 0. The smallest absolute Gasteiger partial charge is 0.0901 e. The maximum atomic E-state index is 5.46. The van der Waals surface area contributed by atoms with Gasteiger partial charge in [0.25, 0.3) is 0 Å². The van der Waals surface area contributed by atoms with Gasteiger partial charge in [-0.25, -0.2) is 0 Å². The van der Waals surface area contributed by atoms with E-state index in [1.54, 1.807) is 0 Å². The highest BCUT2D eigenvalue weighted by Crippen LogP contribution is 2.07. The fraction of sp³-hybridized carbons (Fsp3) is 0.250. The first-order chi connectivity index (χ1) is 4.83. The molecule has 1 aromatic rings. The Morgan fingerprint density at radius 2 is 1.90 bits per heavy atom. The number of hydrogen-bond donors (Lipinski definition) is 1. The standard InChI is InChI=1S/C8H10ClN/c1-7-2-4-8(5-3-7)10-6-9/h2-5,10H,6H2,1H3. The second-order valence-electron chi connectivity index (χ2n) is 2.18. The molecule has 0 amide bonds. The van der Waals surface area contributed by atoms with E-state index >= 15 is 0 Å². The molecule has 1 aromatic carbocycles. The van der Waals surface area contributed by atoms with E-state index in [9.17, 15) is 0 Å². The van der Waals surface area contributed by atoms with E-state index < -0.39 is 0 Å². The van der Waals surface area contributed by atoms with E-state index in [1.807, 2.05) is 12.1 Å². The van der Waals surface area contributed by atoms with Gasteiger partial charge in [0.05, 0.1) is 6.00 Å². The molecule has 0 unspecified atom stereocenters. The fourth-order valence-corrected chi connectivity index (χ4v) is 0.903. The van der Waals surface area contributed by atoms with Crippen molar-refractivity contribution in [2.24, 2.45) is 0 Å². The molecule has 0 saturated heterocycles. The number of alkyl halides is 1. The average molecular weight is 156 g/mol. The van der Waals surface area contributed by atoms with Gasteiger partial charge in [0.15, 0.2) is 0 Å². The SMILES string of the molecule is Cc1ccc(NCCl)cc1. The van der Waals surface area contributed by atoms with Crippen LogP contribution in [0.3, 0.4) is 0 Å². The van der Waals surface area contributed by atoms with E-state index in [2.05, 4.69) is 24.4 Å². The van der Waals surface area contributed by atoms with Crippen molar-refractivity contribution in [1.29, 1.82) is 0 Å². The Morgan fingerprint density at radius 1 is 1.30 bits per heavy atom. The first-order valence-corrected chi connectivity index (χ1v) is 3.73. The number of hydrogen-bond acceptors (Lipinski definition) is 1. The fourth-order valence-electron chi connectivity index (χ4n) is 0.749. The lowest BCUT2D eigenvalue weighted by atomic mass is 10.2. The predicted molar refractivity (Wildman–Crippen MR) is 45.5 cm³/mol. The molecule has 0 saturated carbocycles. The van der Waals surface area contributed by atoms with Gasteiger partial charge in [-0.2, -0.15) is 0 Å². The Balaban J connectivity index is 2.69. The van der Waals surface area contributed by atoms with Crippen LogP contribution in [0.5, 0.6) is 0 Å². The summed E-state index contributed by atoms with van der Waals surface area (Å²) >= 11 is 5.46. The molecule has 0 atom stereocenters. The number of rotatable bonds is 2. The number of aryl methyl sites for hydroxylation is 1. The zero-order chi connectivity index (χ0) is 7.40. The van der Waals surface area contributed by atoms with Gasteiger partial charge < -0.3 is 5.32 Å². The van der Waals surface area contributed by atoms with Crippen molar-refractivity contribution in [3.8, 4) is 0 Å². The molecule has 1 N–H and O–H groups in total. The first-order valence-electron chi connectivity index (χ1n) is 3.19. The highest BCUT2D eigenvalue weighted by Gasteiger charge is 1.86. The van der Waals surface area contributed by atoms with Crippen LogP contribution in [0.4, 0.5) is 5.69 Å². The Morgan fingerprint density at radius 3 is 2.40 bits per heavy atom. The van der Waals surface area contributed by atoms with E-state index in [0.717, 1.165) is 5.69 Å². The van der Waals surface area contributed by atoms with Crippen LogP contribution < -0.4 is 5.32 Å². The van der Waals surface area contributed by atoms with Crippen LogP contribution in [0.2, 0.25) is 0 Å². The molecule has 1 nitrogen and oxygen atoms in total. The maximum absolute atomic E-state index is 5.46. The van der Waals surface area contributed by atoms with Crippen LogP contribution in [0, 0.1) is 6.92 Å². The van der Waals surface area contributed by atoms with Gasteiger partial charge in [0, 0.05) is 5.69 Å². The van der Waals surface area contributed by atoms with Crippen molar-refractivity contribution in [2.75, 3.05) is 11.3 Å². The summed E-state index contributed by atoms with van der Waals surface area (Å²) in [5, 5.41) is 3.00. The molecule has 1 rings (SSSR count). The topological polar surface area (TPSA) is 12.0 Å². The molecule has 2 heteroatoms. The molecule has 0 aromatic heterocycles. The van der Waals surface area contributed by atoms with Gasteiger partial charge >= 0.3 is 0 Å². The number of nitrogens with one attached hydrogen (secondary N) is 1. The number of anilines is 1. The molecule has 0 fully saturated rings. The predicted octanol–water partition coefficient (Wildman–Crippen LogP) is 2.60. The Kier molecular flexibility index (Phi) is 2.57. The largest absolute Gasteiger partial charge is 0.372 e. The Labute approximate surface area is 66.0 Å². The van der Waals surface area contributed by atoms with Gasteiger partial charge in [0.1, 0.15) is 0 Å². The highest BCUT2D eigenvalue weighted by atomic mass is 35.5. The summed E-state index contributed by atoms with van der Waals surface area (Å²) in [5.41, 5.74) is 2.33. The van der Waals surface area contributed by atoms with E-state index in [1.165, 1.54) is 5.56 Å². The minimum atomic E-state index is 0.461. The lowest BCUT2D eigenvalue weighted by Gasteiger charge is -2.00. The summed E-state index contributed by atoms with van der Waals surface area (Å²) in [6, 6.07) is 8.59. The van der Waals surface area contributed by atoms with Crippen molar-refractivity contribution in [3.63, 3.8) is 0 Å². The van der Waals surface area contributed by atoms with Crippen molar-refractivity contribution in [1.82, 2.24) is 0 Å². The van der Waals surface area contributed by atoms with Crippen LogP contribution in [-0.2, 0) is 0 Å². The normalized spacial score (nSPS) is 9.40. The first kappa shape index (κ1) is 7.42. The Hall–Kier alpha value is -0.690. The molecule has 0 aliphatic heterocycles. The average Bonchev–Trinajstić information content (AvgIpc) is 1.95. The highest BCUT2D eigenvalue weighted by molar-refractivity contribution is 6.18. The van der Waals surface area contributed by atoms with Crippen molar-refractivity contribution < 1.29 is 0 Å². The summed E-state index contributed by atoms with van der Waals surface area (Å²) in [4.78, 5) is 0. The van der Waals surface area contributed by atoms with Gasteiger partial charge in [0.2, 0.25) is 0 Å².